The number of carbonyl (C=O) groups excluding carboxylic acids is 2. The predicted octanol–water partition coefficient (Wildman–Crippen LogP) is 4.87. The van der Waals surface area contributed by atoms with Gasteiger partial charge < -0.3 is 19.6 Å². The maximum absolute atomic E-state index is 13.9. The number of aryl methyl sites for hydroxylation is 1. The van der Waals surface area contributed by atoms with E-state index in [4.69, 9.17) is 4.74 Å². The van der Waals surface area contributed by atoms with Crippen LogP contribution in [-0.2, 0) is 16.0 Å². The second kappa shape index (κ2) is 10.2. The molecule has 36 heavy (non-hydrogen) atoms. The van der Waals surface area contributed by atoms with Crippen molar-refractivity contribution in [1.82, 2.24) is 4.90 Å². The predicted molar refractivity (Wildman–Crippen MR) is 138 cm³/mol. The van der Waals surface area contributed by atoms with Crippen LogP contribution in [0.5, 0.6) is 5.75 Å². The second-order valence-corrected chi connectivity index (χ2v) is 9.04. The van der Waals surface area contributed by atoms with Gasteiger partial charge in [-0.05, 0) is 72.5 Å². The van der Waals surface area contributed by atoms with Gasteiger partial charge in [-0.1, -0.05) is 24.3 Å². The van der Waals surface area contributed by atoms with E-state index in [-0.39, 0.29) is 23.4 Å². The summed E-state index contributed by atoms with van der Waals surface area (Å²) in [5.74, 6) is -1.43. The van der Waals surface area contributed by atoms with E-state index in [1.54, 1.807) is 14.0 Å². The van der Waals surface area contributed by atoms with E-state index < -0.39 is 23.5 Å². The number of hydrogen-bond donors (Lipinski definition) is 1. The van der Waals surface area contributed by atoms with Crippen molar-refractivity contribution in [3.63, 3.8) is 0 Å². The molecule has 7 heteroatoms. The second-order valence-electron chi connectivity index (χ2n) is 9.04. The van der Waals surface area contributed by atoms with Crippen molar-refractivity contribution in [1.29, 1.82) is 0 Å². The molecule has 1 unspecified atom stereocenters. The highest BCUT2D eigenvalue weighted by atomic mass is 19.1. The number of ketones is 1. The van der Waals surface area contributed by atoms with Gasteiger partial charge in [0.15, 0.2) is 0 Å². The zero-order valence-electron chi connectivity index (χ0n) is 20.8. The Balaban J connectivity index is 1.76. The molecule has 3 aromatic carbocycles. The number of halogens is 1. The number of likely N-dealkylation sites (tertiary alicyclic amines) is 1. The molecule has 0 bridgehead atoms. The highest BCUT2D eigenvalue weighted by Crippen LogP contribution is 2.40. The van der Waals surface area contributed by atoms with Crippen molar-refractivity contribution >= 4 is 23.1 Å². The molecule has 0 radical (unpaired) electrons. The van der Waals surface area contributed by atoms with Gasteiger partial charge in [0.2, 0.25) is 0 Å². The Bertz CT molecular complexity index is 1310. The summed E-state index contributed by atoms with van der Waals surface area (Å²) in [6.07, 6.45) is 0.513. The van der Waals surface area contributed by atoms with E-state index in [0.29, 0.717) is 17.5 Å². The first-order valence-electron chi connectivity index (χ1n) is 11.7. The zero-order valence-corrected chi connectivity index (χ0v) is 20.8. The molecule has 1 saturated heterocycles. The van der Waals surface area contributed by atoms with Crippen LogP contribution in [-0.4, -0.2) is 49.4 Å². The summed E-state index contributed by atoms with van der Waals surface area (Å²) in [6.45, 7) is 1.85. The van der Waals surface area contributed by atoms with Crippen LogP contribution in [0, 0.1) is 12.7 Å². The average molecular weight is 489 g/mol. The van der Waals surface area contributed by atoms with Crippen LogP contribution in [0.2, 0.25) is 0 Å². The Hall–Kier alpha value is -4.13. The summed E-state index contributed by atoms with van der Waals surface area (Å²) < 4.78 is 19.1. The van der Waals surface area contributed by atoms with Gasteiger partial charge in [0.05, 0.1) is 18.7 Å². The minimum atomic E-state index is -0.773. The van der Waals surface area contributed by atoms with Crippen molar-refractivity contribution < 1.29 is 23.8 Å². The third kappa shape index (κ3) is 4.82. The number of benzene rings is 3. The SMILES string of the molecule is COc1ccc(CCN2C(=O)C(=O)/C(=C(\O)c3ccc(F)c(C)c3)C2c2ccc(N(C)C)cc2)cc1. The summed E-state index contributed by atoms with van der Waals surface area (Å²) in [6, 6.07) is 18.4. The number of anilines is 1. The van der Waals surface area contributed by atoms with Crippen LogP contribution >= 0.6 is 0 Å². The number of aliphatic hydroxyl groups excluding tert-OH is 1. The van der Waals surface area contributed by atoms with Crippen LogP contribution in [0.15, 0.2) is 72.3 Å². The molecule has 0 aromatic heterocycles. The molecule has 1 aliphatic heterocycles. The number of ether oxygens (including phenoxy) is 1. The van der Waals surface area contributed by atoms with Gasteiger partial charge in [0, 0.05) is 31.9 Å². The molecule has 1 N–H and O–H groups in total. The molecule has 0 saturated carbocycles. The van der Waals surface area contributed by atoms with E-state index in [1.807, 2.05) is 67.5 Å². The maximum atomic E-state index is 13.9. The van der Waals surface area contributed by atoms with Crippen LogP contribution in [0.4, 0.5) is 10.1 Å². The minimum absolute atomic E-state index is 0.00154. The molecule has 1 fully saturated rings. The topological polar surface area (TPSA) is 70.1 Å². The number of nitrogens with zero attached hydrogens (tertiary/aromatic N) is 2. The van der Waals surface area contributed by atoms with Crippen molar-refractivity contribution in [2.75, 3.05) is 32.6 Å². The van der Waals surface area contributed by atoms with Crippen LogP contribution in [0.1, 0.15) is 28.3 Å². The third-order valence-corrected chi connectivity index (χ3v) is 6.50. The summed E-state index contributed by atoms with van der Waals surface area (Å²) in [4.78, 5) is 29.9. The fraction of sp³-hybridized carbons (Fsp3) is 0.241. The number of rotatable bonds is 7. The summed E-state index contributed by atoms with van der Waals surface area (Å²) in [5, 5.41) is 11.2. The molecule has 1 heterocycles. The van der Waals surface area contributed by atoms with Gasteiger partial charge in [0.25, 0.3) is 11.7 Å². The van der Waals surface area contributed by atoms with Gasteiger partial charge in [-0.3, -0.25) is 9.59 Å². The summed E-state index contributed by atoms with van der Waals surface area (Å²) in [7, 11) is 5.44. The highest BCUT2D eigenvalue weighted by Gasteiger charge is 2.45. The standard InChI is InChI=1S/C29H29FN2O4/c1-18-17-21(9-14-24(18)30)27(33)25-26(20-7-10-22(11-8-20)31(2)3)32(29(35)28(25)34)16-15-19-5-12-23(36-4)13-6-19/h5-14,17,26,33H,15-16H2,1-4H3/b27-25-. The Morgan fingerprint density at radius 1 is 1.03 bits per heavy atom. The van der Waals surface area contributed by atoms with E-state index in [2.05, 4.69) is 0 Å². The maximum Gasteiger partial charge on any atom is 0.295 e. The lowest BCUT2D eigenvalue weighted by Gasteiger charge is -2.26. The van der Waals surface area contributed by atoms with Crippen molar-refractivity contribution in [2.45, 2.75) is 19.4 Å². The first kappa shape index (κ1) is 25.0. The zero-order chi connectivity index (χ0) is 26.0. The number of amides is 1. The Labute approximate surface area is 210 Å². The van der Waals surface area contributed by atoms with E-state index >= 15 is 0 Å². The molecule has 4 rings (SSSR count). The Kier molecular flexibility index (Phi) is 7.10. The first-order chi connectivity index (χ1) is 17.2. The van der Waals surface area contributed by atoms with Crippen molar-refractivity contribution in [2.24, 2.45) is 0 Å². The molecule has 3 aromatic rings. The number of Topliss-reactive ketones (excluding diaryl/α,β-unsaturated/α-hetero) is 1. The highest BCUT2D eigenvalue weighted by molar-refractivity contribution is 6.46. The largest absolute Gasteiger partial charge is 0.507 e. The van der Waals surface area contributed by atoms with Crippen LogP contribution < -0.4 is 9.64 Å². The molecule has 0 aliphatic carbocycles. The molecule has 0 spiro atoms. The van der Waals surface area contributed by atoms with E-state index in [0.717, 1.165) is 17.0 Å². The number of hydrogen-bond acceptors (Lipinski definition) is 5. The fourth-order valence-electron chi connectivity index (χ4n) is 4.40. The quantitative estimate of drug-likeness (QED) is 0.292. The summed E-state index contributed by atoms with van der Waals surface area (Å²) >= 11 is 0. The Morgan fingerprint density at radius 2 is 1.69 bits per heavy atom. The minimum Gasteiger partial charge on any atom is -0.507 e. The fourth-order valence-corrected chi connectivity index (χ4v) is 4.40. The third-order valence-electron chi connectivity index (χ3n) is 6.50. The lowest BCUT2D eigenvalue weighted by molar-refractivity contribution is -0.139. The molecule has 6 nitrogen and oxygen atoms in total. The smallest absolute Gasteiger partial charge is 0.295 e. The molecular weight excluding hydrogens is 459 g/mol. The summed E-state index contributed by atoms with van der Waals surface area (Å²) in [5.41, 5.74) is 3.27. The first-order valence-corrected chi connectivity index (χ1v) is 11.7. The van der Waals surface area contributed by atoms with Gasteiger partial charge >= 0.3 is 0 Å². The molecule has 1 atom stereocenters. The van der Waals surface area contributed by atoms with Gasteiger partial charge in [-0.2, -0.15) is 0 Å². The van der Waals surface area contributed by atoms with Gasteiger partial charge in [-0.25, -0.2) is 4.39 Å². The lowest BCUT2D eigenvalue weighted by Crippen LogP contribution is -2.31. The lowest BCUT2D eigenvalue weighted by atomic mass is 9.94. The number of aliphatic hydroxyl groups is 1. The van der Waals surface area contributed by atoms with Crippen molar-refractivity contribution in [3.05, 3.63) is 100 Å². The Morgan fingerprint density at radius 3 is 2.28 bits per heavy atom. The molecule has 1 aliphatic rings. The van der Waals surface area contributed by atoms with E-state index in [1.165, 1.54) is 23.1 Å². The molecule has 186 valence electrons. The molecular formula is C29H29FN2O4. The van der Waals surface area contributed by atoms with Crippen LogP contribution in [0.3, 0.4) is 0 Å². The average Bonchev–Trinajstić information content (AvgIpc) is 3.13. The monoisotopic (exact) mass is 488 g/mol. The normalized spacial score (nSPS) is 16.9. The van der Waals surface area contributed by atoms with Gasteiger partial charge in [0.1, 0.15) is 17.3 Å². The molecule has 1 amide bonds. The van der Waals surface area contributed by atoms with Crippen LogP contribution in [0.25, 0.3) is 5.76 Å². The van der Waals surface area contributed by atoms with E-state index in [9.17, 15) is 19.1 Å². The van der Waals surface area contributed by atoms with Gasteiger partial charge in [-0.15, -0.1) is 0 Å². The number of methoxy groups -OCH3 is 1. The van der Waals surface area contributed by atoms with Crippen molar-refractivity contribution in [3.8, 4) is 5.75 Å². The number of carbonyl (C=O) groups is 2.